The molecule has 4 nitrogen and oxygen atoms in total. The zero-order valence-electron chi connectivity index (χ0n) is 11.4. The topological polar surface area (TPSA) is 58.2 Å². The molecule has 2 rings (SSSR count). The van der Waals surface area contributed by atoms with Crippen molar-refractivity contribution in [2.45, 2.75) is 6.92 Å². The summed E-state index contributed by atoms with van der Waals surface area (Å²) in [4.78, 5) is 23.0. The maximum Gasteiger partial charge on any atom is 0.257 e. The highest BCUT2D eigenvalue weighted by Gasteiger charge is 2.14. The van der Waals surface area contributed by atoms with Crippen LogP contribution in [0.5, 0.6) is 0 Å². The standard InChI is InChI=1S/C15H11Cl2FN2O2/c1-8(21)19-9-2-4-10(5-3-9)20-15(22)11-6-14(18)13(17)7-12(11)16/h2-7H,1H3,(H,19,21)(H,20,22). The van der Waals surface area contributed by atoms with Gasteiger partial charge in [-0.2, -0.15) is 0 Å². The SMILES string of the molecule is CC(=O)Nc1ccc(NC(=O)c2cc(F)c(Cl)cc2Cl)cc1. The van der Waals surface area contributed by atoms with E-state index in [1.54, 1.807) is 24.3 Å². The minimum atomic E-state index is -0.725. The molecule has 114 valence electrons. The second kappa shape index (κ2) is 6.77. The third kappa shape index (κ3) is 3.96. The normalized spacial score (nSPS) is 10.2. The van der Waals surface area contributed by atoms with Crippen LogP contribution in [0.1, 0.15) is 17.3 Å². The number of nitrogens with one attached hydrogen (secondary N) is 2. The van der Waals surface area contributed by atoms with E-state index >= 15 is 0 Å². The second-order valence-corrected chi connectivity index (χ2v) is 5.27. The van der Waals surface area contributed by atoms with Crippen LogP contribution in [0.4, 0.5) is 15.8 Å². The zero-order chi connectivity index (χ0) is 16.3. The van der Waals surface area contributed by atoms with Gasteiger partial charge in [0.05, 0.1) is 15.6 Å². The third-order valence-corrected chi connectivity index (χ3v) is 3.32. The Labute approximate surface area is 136 Å². The average molecular weight is 341 g/mol. The van der Waals surface area contributed by atoms with Gasteiger partial charge in [-0.3, -0.25) is 9.59 Å². The monoisotopic (exact) mass is 340 g/mol. The third-order valence-electron chi connectivity index (χ3n) is 2.72. The molecule has 0 aliphatic rings. The molecule has 2 amide bonds. The van der Waals surface area contributed by atoms with E-state index in [1.807, 2.05) is 0 Å². The lowest BCUT2D eigenvalue weighted by atomic mass is 10.2. The molecule has 0 aliphatic heterocycles. The molecular formula is C15H11Cl2FN2O2. The van der Waals surface area contributed by atoms with Gasteiger partial charge in [-0.05, 0) is 36.4 Å². The van der Waals surface area contributed by atoms with Crippen molar-refractivity contribution in [1.29, 1.82) is 0 Å². The lowest BCUT2D eigenvalue weighted by Crippen LogP contribution is -2.13. The van der Waals surface area contributed by atoms with Crippen molar-refractivity contribution < 1.29 is 14.0 Å². The first-order valence-corrected chi connectivity index (χ1v) is 6.96. The highest BCUT2D eigenvalue weighted by atomic mass is 35.5. The molecule has 0 atom stereocenters. The quantitative estimate of drug-likeness (QED) is 0.816. The molecule has 0 aliphatic carbocycles. The molecule has 0 saturated carbocycles. The molecule has 0 spiro atoms. The number of carbonyl (C=O) groups excluding carboxylic acids is 2. The Morgan fingerprint density at radius 3 is 2.05 bits per heavy atom. The molecule has 0 radical (unpaired) electrons. The highest BCUT2D eigenvalue weighted by molar-refractivity contribution is 6.37. The molecule has 0 unspecified atom stereocenters. The van der Waals surface area contributed by atoms with Crippen LogP contribution in [0, 0.1) is 5.82 Å². The second-order valence-electron chi connectivity index (χ2n) is 4.46. The van der Waals surface area contributed by atoms with Crippen molar-refractivity contribution in [3.8, 4) is 0 Å². The minimum Gasteiger partial charge on any atom is -0.326 e. The number of carbonyl (C=O) groups is 2. The van der Waals surface area contributed by atoms with E-state index in [2.05, 4.69) is 10.6 Å². The molecule has 7 heteroatoms. The fourth-order valence-corrected chi connectivity index (χ4v) is 2.20. The zero-order valence-corrected chi connectivity index (χ0v) is 12.9. The van der Waals surface area contributed by atoms with Crippen molar-refractivity contribution in [2.75, 3.05) is 10.6 Å². The molecule has 0 bridgehead atoms. The number of hydrogen-bond donors (Lipinski definition) is 2. The lowest BCUT2D eigenvalue weighted by molar-refractivity contribution is -0.114. The largest absolute Gasteiger partial charge is 0.326 e. The van der Waals surface area contributed by atoms with Crippen LogP contribution in [-0.4, -0.2) is 11.8 Å². The smallest absolute Gasteiger partial charge is 0.257 e. The molecule has 2 N–H and O–H groups in total. The van der Waals surface area contributed by atoms with Gasteiger partial charge >= 0.3 is 0 Å². The van der Waals surface area contributed by atoms with E-state index in [9.17, 15) is 14.0 Å². The summed E-state index contributed by atoms with van der Waals surface area (Å²) >= 11 is 11.5. The number of anilines is 2. The molecule has 2 aromatic rings. The number of rotatable bonds is 3. The summed E-state index contributed by atoms with van der Waals surface area (Å²) in [6, 6.07) is 8.60. The summed E-state index contributed by atoms with van der Waals surface area (Å²) in [6.45, 7) is 1.40. The van der Waals surface area contributed by atoms with Crippen LogP contribution in [0.15, 0.2) is 36.4 Å². The molecular weight excluding hydrogens is 330 g/mol. The van der Waals surface area contributed by atoms with Crippen LogP contribution in [-0.2, 0) is 4.79 Å². The Balaban J connectivity index is 2.15. The van der Waals surface area contributed by atoms with Gasteiger partial charge < -0.3 is 10.6 Å². The molecule has 0 heterocycles. The predicted octanol–water partition coefficient (Wildman–Crippen LogP) is 4.34. The van der Waals surface area contributed by atoms with Crippen molar-refractivity contribution in [3.05, 3.63) is 57.8 Å². The summed E-state index contributed by atoms with van der Waals surface area (Å²) in [6.07, 6.45) is 0. The van der Waals surface area contributed by atoms with Crippen LogP contribution in [0.3, 0.4) is 0 Å². The van der Waals surface area contributed by atoms with Crippen LogP contribution in [0.2, 0.25) is 10.0 Å². The molecule has 0 saturated heterocycles. The summed E-state index contributed by atoms with van der Waals surface area (Å²) in [5.41, 5.74) is 1.06. The summed E-state index contributed by atoms with van der Waals surface area (Å²) in [5, 5.41) is 5.09. The first-order valence-electron chi connectivity index (χ1n) is 6.20. The summed E-state index contributed by atoms with van der Waals surface area (Å²) in [5.74, 6) is -1.48. The van der Waals surface area contributed by atoms with E-state index in [0.717, 1.165) is 6.07 Å². The Hall–Kier alpha value is -2.11. The van der Waals surface area contributed by atoms with Gasteiger partial charge in [-0.1, -0.05) is 23.2 Å². The van der Waals surface area contributed by atoms with E-state index < -0.39 is 11.7 Å². The first kappa shape index (κ1) is 16.3. The lowest BCUT2D eigenvalue weighted by Gasteiger charge is -2.09. The number of amides is 2. The Kier molecular flexibility index (Phi) is 5.00. The molecule has 2 aromatic carbocycles. The van der Waals surface area contributed by atoms with Gasteiger partial charge in [0.2, 0.25) is 5.91 Å². The molecule has 0 fully saturated rings. The van der Waals surface area contributed by atoms with E-state index in [1.165, 1.54) is 13.0 Å². The summed E-state index contributed by atoms with van der Waals surface area (Å²) < 4.78 is 13.4. The maximum absolute atomic E-state index is 13.4. The highest BCUT2D eigenvalue weighted by Crippen LogP contribution is 2.25. The van der Waals surface area contributed by atoms with Gasteiger partial charge in [0, 0.05) is 18.3 Å². The number of benzene rings is 2. The van der Waals surface area contributed by atoms with E-state index in [4.69, 9.17) is 23.2 Å². The molecule has 0 aromatic heterocycles. The van der Waals surface area contributed by atoms with Crippen molar-refractivity contribution >= 4 is 46.4 Å². The first-order chi connectivity index (χ1) is 10.4. The summed E-state index contributed by atoms with van der Waals surface area (Å²) in [7, 11) is 0. The predicted molar refractivity (Wildman–Crippen MR) is 85.1 cm³/mol. The van der Waals surface area contributed by atoms with Gasteiger partial charge in [-0.25, -0.2) is 4.39 Å². The van der Waals surface area contributed by atoms with Crippen molar-refractivity contribution in [2.24, 2.45) is 0 Å². The van der Waals surface area contributed by atoms with Gasteiger partial charge in [0.1, 0.15) is 5.82 Å². The minimum absolute atomic E-state index is 0.0190. The fraction of sp³-hybridized carbons (Fsp3) is 0.0667. The van der Waals surface area contributed by atoms with Gasteiger partial charge in [0.15, 0.2) is 0 Å². The molecule has 22 heavy (non-hydrogen) atoms. The Bertz CT molecular complexity index is 733. The fourth-order valence-electron chi connectivity index (χ4n) is 1.74. The Morgan fingerprint density at radius 1 is 0.955 bits per heavy atom. The van der Waals surface area contributed by atoms with E-state index in [-0.39, 0.29) is 21.5 Å². The van der Waals surface area contributed by atoms with Gasteiger partial charge in [-0.15, -0.1) is 0 Å². The average Bonchev–Trinajstić information content (AvgIpc) is 2.44. The Morgan fingerprint density at radius 2 is 1.50 bits per heavy atom. The van der Waals surface area contributed by atoms with Gasteiger partial charge in [0.25, 0.3) is 5.91 Å². The maximum atomic E-state index is 13.4. The van der Waals surface area contributed by atoms with Crippen molar-refractivity contribution in [1.82, 2.24) is 0 Å². The van der Waals surface area contributed by atoms with E-state index in [0.29, 0.717) is 11.4 Å². The van der Waals surface area contributed by atoms with Crippen LogP contribution < -0.4 is 10.6 Å². The number of hydrogen-bond acceptors (Lipinski definition) is 2. The number of halogens is 3. The van der Waals surface area contributed by atoms with Crippen molar-refractivity contribution in [3.63, 3.8) is 0 Å². The van der Waals surface area contributed by atoms with Crippen LogP contribution >= 0.6 is 23.2 Å². The van der Waals surface area contributed by atoms with Crippen LogP contribution in [0.25, 0.3) is 0 Å².